The maximum atomic E-state index is 12.7. The summed E-state index contributed by atoms with van der Waals surface area (Å²) in [5.41, 5.74) is 3.71. The van der Waals surface area contributed by atoms with E-state index in [4.69, 9.17) is 4.74 Å². The van der Waals surface area contributed by atoms with Crippen LogP contribution in [0.1, 0.15) is 50.2 Å². The number of rotatable bonds is 7. The lowest BCUT2D eigenvalue weighted by Crippen LogP contribution is -2.41. The van der Waals surface area contributed by atoms with Crippen molar-refractivity contribution in [2.75, 3.05) is 19.7 Å². The molecule has 1 aliphatic carbocycles. The lowest BCUT2D eigenvalue weighted by molar-refractivity contribution is -0.147. The van der Waals surface area contributed by atoms with Crippen LogP contribution in [0.15, 0.2) is 48.5 Å². The molecule has 1 aliphatic heterocycles. The molecular formula is C26H30N2O5. The van der Waals surface area contributed by atoms with E-state index in [1.807, 2.05) is 31.2 Å². The standard InChI is InChI=1S/C26H30N2O5/c1-3-17(14-23(29)28-13-12-26(2,16-28)24(30)31)27-25(32)33-15-22-20-10-6-4-8-18(20)19-9-5-7-11-21(19)22/h4-11,17,22H,3,12-16H2,1-2H3,(H,27,32)(H,30,31)/t17-,26?/m1/s1. The second-order valence-electron chi connectivity index (χ2n) is 9.21. The summed E-state index contributed by atoms with van der Waals surface area (Å²) in [4.78, 5) is 38.3. The molecule has 7 heteroatoms. The Bertz CT molecular complexity index is 1020. The molecule has 7 nitrogen and oxygen atoms in total. The zero-order chi connectivity index (χ0) is 23.6. The van der Waals surface area contributed by atoms with Gasteiger partial charge in [-0.25, -0.2) is 4.79 Å². The zero-order valence-corrected chi connectivity index (χ0v) is 19.0. The van der Waals surface area contributed by atoms with Crippen LogP contribution in [0, 0.1) is 5.41 Å². The fourth-order valence-corrected chi connectivity index (χ4v) is 4.79. The van der Waals surface area contributed by atoms with Crippen LogP contribution in [-0.2, 0) is 14.3 Å². The maximum absolute atomic E-state index is 12.7. The van der Waals surface area contributed by atoms with Gasteiger partial charge in [0.2, 0.25) is 5.91 Å². The molecule has 0 aromatic heterocycles. The van der Waals surface area contributed by atoms with Gasteiger partial charge in [-0.1, -0.05) is 55.5 Å². The van der Waals surface area contributed by atoms with Gasteiger partial charge in [0.25, 0.3) is 0 Å². The van der Waals surface area contributed by atoms with Crippen molar-refractivity contribution in [2.24, 2.45) is 5.41 Å². The SMILES string of the molecule is CC[C@H](CC(=O)N1CCC(C)(C(=O)O)C1)NC(=O)OCC1c2ccccc2-c2ccccc21. The van der Waals surface area contributed by atoms with E-state index < -0.39 is 17.5 Å². The minimum atomic E-state index is -0.905. The molecule has 2 atom stereocenters. The highest BCUT2D eigenvalue weighted by Crippen LogP contribution is 2.44. The fraction of sp³-hybridized carbons (Fsp3) is 0.423. The molecule has 2 amide bonds. The summed E-state index contributed by atoms with van der Waals surface area (Å²) >= 11 is 0. The Hall–Kier alpha value is -3.35. The number of likely N-dealkylation sites (tertiary alicyclic amines) is 1. The van der Waals surface area contributed by atoms with E-state index in [0.717, 1.165) is 22.3 Å². The Morgan fingerprint density at radius 3 is 2.27 bits per heavy atom. The molecule has 1 heterocycles. The third kappa shape index (κ3) is 4.58. The normalized spacial score (nSPS) is 20.1. The first-order chi connectivity index (χ1) is 15.8. The molecule has 174 valence electrons. The van der Waals surface area contributed by atoms with Gasteiger partial charge in [0.1, 0.15) is 6.61 Å². The van der Waals surface area contributed by atoms with Crippen molar-refractivity contribution in [1.82, 2.24) is 10.2 Å². The molecule has 1 unspecified atom stereocenters. The van der Waals surface area contributed by atoms with Gasteiger partial charge < -0.3 is 20.1 Å². The van der Waals surface area contributed by atoms with Crippen molar-refractivity contribution >= 4 is 18.0 Å². The van der Waals surface area contributed by atoms with Crippen molar-refractivity contribution in [3.05, 3.63) is 59.7 Å². The average Bonchev–Trinajstić information content (AvgIpc) is 3.37. The summed E-state index contributed by atoms with van der Waals surface area (Å²) in [5.74, 6) is -1.06. The van der Waals surface area contributed by atoms with Crippen molar-refractivity contribution in [3.8, 4) is 11.1 Å². The van der Waals surface area contributed by atoms with Gasteiger partial charge in [0.15, 0.2) is 0 Å². The molecule has 2 aliphatic rings. The third-order valence-electron chi connectivity index (χ3n) is 6.92. The van der Waals surface area contributed by atoms with Crippen molar-refractivity contribution in [2.45, 2.75) is 45.1 Å². The number of benzene rings is 2. The molecule has 2 N–H and O–H groups in total. The van der Waals surface area contributed by atoms with Crippen LogP contribution in [0.3, 0.4) is 0 Å². The van der Waals surface area contributed by atoms with E-state index in [9.17, 15) is 19.5 Å². The molecule has 1 saturated heterocycles. The van der Waals surface area contributed by atoms with Gasteiger partial charge in [-0.15, -0.1) is 0 Å². The number of amides is 2. The second kappa shape index (κ2) is 9.25. The largest absolute Gasteiger partial charge is 0.481 e. The van der Waals surface area contributed by atoms with Crippen molar-refractivity contribution < 1.29 is 24.2 Å². The molecule has 33 heavy (non-hydrogen) atoms. The molecule has 0 spiro atoms. The number of hydrogen-bond donors (Lipinski definition) is 2. The smallest absolute Gasteiger partial charge is 0.407 e. The highest BCUT2D eigenvalue weighted by Gasteiger charge is 2.42. The molecule has 2 aromatic carbocycles. The molecule has 1 fully saturated rings. The van der Waals surface area contributed by atoms with E-state index in [1.54, 1.807) is 11.8 Å². The highest BCUT2D eigenvalue weighted by atomic mass is 16.5. The van der Waals surface area contributed by atoms with Crippen molar-refractivity contribution in [3.63, 3.8) is 0 Å². The Kier molecular flexibility index (Phi) is 6.40. The fourth-order valence-electron chi connectivity index (χ4n) is 4.79. The van der Waals surface area contributed by atoms with Gasteiger partial charge in [-0.2, -0.15) is 0 Å². The van der Waals surface area contributed by atoms with E-state index >= 15 is 0 Å². The van der Waals surface area contributed by atoms with Gasteiger partial charge >= 0.3 is 12.1 Å². The number of nitrogens with one attached hydrogen (secondary N) is 1. The topological polar surface area (TPSA) is 95.9 Å². The van der Waals surface area contributed by atoms with E-state index in [1.165, 1.54) is 0 Å². The van der Waals surface area contributed by atoms with Gasteiger partial charge in [0, 0.05) is 31.5 Å². The molecular weight excluding hydrogens is 420 g/mol. The number of ether oxygens (including phenoxy) is 1. The third-order valence-corrected chi connectivity index (χ3v) is 6.92. The molecule has 0 radical (unpaired) electrons. The van der Waals surface area contributed by atoms with Crippen molar-refractivity contribution in [1.29, 1.82) is 0 Å². The van der Waals surface area contributed by atoms with Gasteiger partial charge in [0.05, 0.1) is 5.41 Å². The van der Waals surface area contributed by atoms with Crippen LogP contribution in [0.2, 0.25) is 0 Å². The minimum absolute atomic E-state index is 0.0249. The number of hydrogen-bond acceptors (Lipinski definition) is 4. The molecule has 2 aromatic rings. The maximum Gasteiger partial charge on any atom is 0.407 e. The van der Waals surface area contributed by atoms with Gasteiger partial charge in [-0.3, -0.25) is 9.59 Å². The van der Waals surface area contributed by atoms with E-state index in [-0.39, 0.29) is 37.4 Å². The molecule has 4 rings (SSSR count). The number of aliphatic carboxylic acids is 1. The highest BCUT2D eigenvalue weighted by molar-refractivity contribution is 5.81. The summed E-state index contributed by atoms with van der Waals surface area (Å²) in [6.45, 7) is 4.39. The summed E-state index contributed by atoms with van der Waals surface area (Å²) in [6, 6.07) is 15.9. The Balaban J connectivity index is 1.33. The first-order valence-corrected chi connectivity index (χ1v) is 11.4. The number of carboxylic acid groups (broad SMARTS) is 1. The van der Waals surface area contributed by atoms with Crippen LogP contribution in [-0.4, -0.2) is 53.7 Å². The van der Waals surface area contributed by atoms with Crippen LogP contribution in [0.25, 0.3) is 11.1 Å². The lowest BCUT2D eigenvalue weighted by atomic mass is 9.90. The quantitative estimate of drug-likeness (QED) is 0.664. The number of carboxylic acids is 1. The van der Waals surface area contributed by atoms with Crippen LogP contribution in [0.4, 0.5) is 4.79 Å². The number of carbonyl (C=O) groups excluding carboxylic acids is 2. The monoisotopic (exact) mass is 450 g/mol. The Morgan fingerprint density at radius 2 is 1.73 bits per heavy atom. The molecule has 0 bridgehead atoms. The van der Waals surface area contributed by atoms with E-state index in [0.29, 0.717) is 19.4 Å². The Morgan fingerprint density at radius 1 is 1.12 bits per heavy atom. The first kappa shape index (κ1) is 22.8. The summed E-state index contributed by atoms with van der Waals surface area (Å²) in [7, 11) is 0. The average molecular weight is 451 g/mol. The first-order valence-electron chi connectivity index (χ1n) is 11.4. The van der Waals surface area contributed by atoms with Crippen LogP contribution < -0.4 is 5.32 Å². The summed E-state index contributed by atoms with van der Waals surface area (Å²) in [6.07, 6.45) is 0.578. The number of nitrogens with zero attached hydrogens (tertiary/aromatic N) is 1. The number of alkyl carbamates (subject to hydrolysis) is 1. The Labute approximate surface area is 193 Å². The lowest BCUT2D eigenvalue weighted by Gasteiger charge is -2.23. The van der Waals surface area contributed by atoms with Crippen LogP contribution in [0.5, 0.6) is 0 Å². The number of carbonyl (C=O) groups is 3. The molecule has 0 saturated carbocycles. The predicted octanol–water partition coefficient (Wildman–Crippen LogP) is 4.02. The van der Waals surface area contributed by atoms with E-state index in [2.05, 4.69) is 29.6 Å². The van der Waals surface area contributed by atoms with Crippen LogP contribution >= 0.6 is 0 Å². The second-order valence-corrected chi connectivity index (χ2v) is 9.21. The zero-order valence-electron chi connectivity index (χ0n) is 19.0. The predicted molar refractivity (Wildman–Crippen MR) is 124 cm³/mol. The summed E-state index contributed by atoms with van der Waals surface area (Å²) in [5, 5.41) is 12.2. The van der Waals surface area contributed by atoms with Gasteiger partial charge in [-0.05, 0) is 42.0 Å². The number of fused-ring (bicyclic) bond motifs is 3. The minimum Gasteiger partial charge on any atom is -0.481 e. The summed E-state index contributed by atoms with van der Waals surface area (Å²) < 4.78 is 5.59.